The highest BCUT2D eigenvalue weighted by atomic mass is 16.5. The maximum Gasteiger partial charge on any atom is 0.253 e. The van der Waals surface area contributed by atoms with Gasteiger partial charge in [0.1, 0.15) is 0 Å². The van der Waals surface area contributed by atoms with Crippen LogP contribution in [0.1, 0.15) is 36.2 Å². The number of aryl methyl sites for hydroxylation is 1. The second-order valence-electron chi connectivity index (χ2n) is 5.78. The molecule has 0 heterocycles. The summed E-state index contributed by atoms with van der Waals surface area (Å²) in [6.07, 6.45) is 0.889. The van der Waals surface area contributed by atoms with Gasteiger partial charge in [0, 0.05) is 20.3 Å². The van der Waals surface area contributed by atoms with E-state index in [0.29, 0.717) is 24.4 Å². The fourth-order valence-corrected chi connectivity index (χ4v) is 1.86. The summed E-state index contributed by atoms with van der Waals surface area (Å²) in [4.78, 5) is 12.2. The molecule has 0 aliphatic heterocycles. The molecule has 1 amide bonds. The number of nitrogens with two attached hydrogens (primary N) is 1. The normalized spacial score (nSPS) is 11.2. The van der Waals surface area contributed by atoms with Crippen molar-refractivity contribution in [3.05, 3.63) is 29.3 Å². The van der Waals surface area contributed by atoms with Crippen molar-refractivity contribution in [3.63, 3.8) is 0 Å². The molecule has 0 aliphatic rings. The van der Waals surface area contributed by atoms with Gasteiger partial charge in [-0.2, -0.15) is 0 Å². The molecule has 112 valence electrons. The van der Waals surface area contributed by atoms with Crippen molar-refractivity contribution >= 4 is 11.6 Å². The monoisotopic (exact) mass is 279 g/mol. The van der Waals surface area contributed by atoms with Crippen molar-refractivity contribution in [3.8, 4) is 0 Å². The Hall–Kier alpha value is -1.59. The van der Waals surface area contributed by atoms with Crippen molar-refractivity contribution in [2.24, 2.45) is 11.3 Å². The zero-order valence-corrected chi connectivity index (χ0v) is 12.7. The fraction of sp³-hybridized carbons (Fsp3) is 0.533. The van der Waals surface area contributed by atoms with Gasteiger partial charge < -0.3 is 15.5 Å². The van der Waals surface area contributed by atoms with Crippen LogP contribution in [0.2, 0.25) is 0 Å². The summed E-state index contributed by atoms with van der Waals surface area (Å²) >= 11 is 0. The summed E-state index contributed by atoms with van der Waals surface area (Å²) in [6.45, 7) is 7.43. The van der Waals surface area contributed by atoms with Gasteiger partial charge in [0.2, 0.25) is 0 Å². The molecule has 5 heteroatoms. The Bertz CT molecular complexity index is 458. The van der Waals surface area contributed by atoms with E-state index in [1.54, 1.807) is 13.2 Å². The highest BCUT2D eigenvalue weighted by molar-refractivity contribution is 5.99. The van der Waals surface area contributed by atoms with Crippen molar-refractivity contribution in [2.45, 2.75) is 27.2 Å². The van der Waals surface area contributed by atoms with E-state index in [9.17, 15) is 4.79 Å². The third kappa shape index (κ3) is 4.83. The summed E-state index contributed by atoms with van der Waals surface area (Å²) in [5.41, 5.74) is 4.80. The number of benzene rings is 1. The van der Waals surface area contributed by atoms with Crippen LogP contribution in [0.15, 0.2) is 18.2 Å². The van der Waals surface area contributed by atoms with Gasteiger partial charge in [-0.05, 0) is 36.5 Å². The number of hydrogen-bond donors (Lipinski definition) is 3. The van der Waals surface area contributed by atoms with Crippen LogP contribution >= 0.6 is 0 Å². The third-order valence-corrected chi connectivity index (χ3v) is 3.29. The molecular formula is C15H25N3O2. The molecule has 0 bridgehead atoms. The van der Waals surface area contributed by atoms with Crippen molar-refractivity contribution in [2.75, 3.05) is 25.7 Å². The molecule has 0 aromatic heterocycles. The first-order chi connectivity index (χ1) is 9.39. The number of ether oxygens (including phenoxy) is 1. The third-order valence-electron chi connectivity index (χ3n) is 3.29. The lowest BCUT2D eigenvalue weighted by atomic mass is 9.89. The predicted octanol–water partition coefficient (Wildman–Crippen LogP) is 2.07. The van der Waals surface area contributed by atoms with E-state index in [1.807, 2.05) is 19.1 Å². The smallest absolute Gasteiger partial charge is 0.253 e. The van der Waals surface area contributed by atoms with E-state index < -0.39 is 0 Å². The lowest BCUT2D eigenvalue weighted by Gasteiger charge is -2.24. The molecule has 0 spiro atoms. The van der Waals surface area contributed by atoms with E-state index in [2.05, 4.69) is 24.6 Å². The van der Waals surface area contributed by atoms with Gasteiger partial charge in [-0.1, -0.05) is 19.9 Å². The van der Waals surface area contributed by atoms with Gasteiger partial charge in [0.25, 0.3) is 5.91 Å². The van der Waals surface area contributed by atoms with Crippen LogP contribution in [0.25, 0.3) is 0 Å². The highest BCUT2D eigenvalue weighted by Crippen LogP contribution is 2.20. The summed E-state index contributed by atoms with van der Waals surface area (Å²) in [5.74, 6) is 5.34. The zero-order chi connectivity index (χ0) is 15.2. The lowest BCUT2D eigenvalue weighted by Crippen LogP contribution is -2.35. The SMILES string of the molecule is COCCC(C)(C)CNC(=O)c1ccc(C)cc1NN. The van der Waals surface area contributed by atoms with E-state index in [4.69, 9.17) is 10.6 Å². The summed E-state index contributed by atoms with van der Waals surface area (Å²) < 4.78 is 5.08. The molecule has 1 aromatic carbocycles. The lowest BCUT2D eigenvalue weighted by molar-refractivity contribution is 0.0921. The molecule has 0 unspecified atom stereocenters. The molecule has 0 atom stereocenters. The van der Waals surface area contributed by atoms with Crippen molar-refractivity contribution in [1.29, 1.82) is 0 Å². The number of hydrogen-bond acceptors (Lipinski definition) is 4. The Morgan fingerprint density at radius 3 is 2.70 bits per heavy atom. The van der Waals surface area contributed by atoms with Crippen LogP contribution < -0.4 is 16.6 Å². The van der Waals surface area contributed by atoms with E-state index in [0.717, 1.165) is 12.0 Å². The number of methoxy groups -OCH3 is 1. The molecule has 0 fully saturated rings. The summed E-state index contributed by atoms with van der Waals surface area (Å²) in [5, 5.41) is 2.95. The molecule has 0 saturated carbocycles. The molecule has 1 aromatic rings. The van der Waals surface area contributed by atoms with Crippen LogP contribution in [0.4, 0.5) is 5.69 Å². The number of nitrogen functional groups attached to an aromatic ring is 1. The zero-order valence-electron chi connectivity index (χ0n) is 12.7. The minimum Gasteiger partial charge on any atom is -0.385 e. The van der Waals surface area contributed by atoms with Gasteiger partial charge in [-0.15, -0.1) is 0 Å². The topological polar surface area (TPSA) is 76.4 Å². The Labute approximate surface area is 120 Å². The first-order valence-corrected chi connectivity index (χ1v) is 6.74. The maximum atomic E-state index is 12.2. The molecule has 5 nitrogen and oxygen atoms in total. The Morgan fingerprint density at radius 2 is 2.10 bits per heavy atom. The molecule has 0 radical (unpaired) electrons. The quantitative estimate of drug-likeness (QED) is 0.527. The summed E-state index contributed by atoms with van der Waals surface area (Å²) in [7, 11) is 1.68. The highest BCUT2D eigenvalue weighted by Gasteiger charge is 2.20. The predicted molar refractivity (Wildman–Crippen MR) is 81.6 cm³/mol. The van der Waals surface area contributed by atoms with Crippen LogP contribution in [-0.4, -0.2) is 26.2 Å². The Balaban J connectivity index is 2.67. The van der Waals surface area contributed by atoms with E-state index in [-0.39, 0.29) is 11.3 Å². The standard InChI is InChI=1S/C15H25N3O2/c1-11-5-6-12(13(9-11)18-16)14(19)17-10-15(2,3)7-8-20-4/h5-6,9,18H,7-8,10,16H2,1-4H3,(H,17,19). The van der Waals surface area contributed by atoms with Crippen LogP contribution in [0.5, 0.6) is 0 Å². The van der Waals surface area contributed by atoms with Gasteiger partial charge >= 0.3 is 0 Å². The molecule has 4 N–H and O–H groups in total. The van der Waals surface area contributed by atoms with Crippen molar-refractivity contribution < 1.29 is 9.53 Å². The van der Waals surface area contributed by atoms with E-state index >= 15 is 0 Å². The molecule has 0 aliphatic carbocycles. The number of rotatable bonds is 7. The number of nitrogens with one attached hydrogen (secondary N) is 2. The van der Waals surface area contributed by atoms with Gasteiger partial charge in [-0.25, -0.2) is 0 Å². The number of carbonyl (C=O) groups excluding carboxylic acids is 1. The number of amides is 1. The maximum absolute atomic E-state index is 12.2. The Morgan fingerprint density at radius 1 is 1.40 bits per heavy atom. The minimum absolute atomic E-state index is 0.00727. The van der Waals surface area contributed by atoms with Gasteiger partial charge in [-0.3, -0.25) is 10.6 Å². The number of anilines is 1. The second-order valence-corrected chi connectivity index (χ2v) is 5.78. The van der Waals surface area contributed by atoms with Crippen molar-refractivity contribution in [1.82, 2.24) is 5.32 Å². The number of hydrazine groups is 1. The molecule has 1 rings (SSSR count). The molecule has 20 heavy (non-hydrogen) atoms. The minimum atomic E-state index is -0.122. The fourth-order valence-electron chi connectivity index (χ4n) is 1.86. The van der Waals surface area contributed by atoms with E-state index in [1.165, 1.54) is 0 Å². The molecule has 0 saturated heterocycles. The molecular weight excluding hydrogens is 254 g/mol. The average molecular weight is 279 g/mol. The largest absolute Gasteiger partial charge is 0.385 e. The average Bonchev–Trinajstić information content (AvgIpc) is 2.42. The Kier molecular flexibility index (Phi) is 5.98. The van der Waals surface area contributed by atoms with Crippen LogP contribution in [0, 0.1) is 12.3 Å². The number of carbonyl (C=O) groups is 1. The van der Waals surface area contributed by atoms with Gasteiger partial charge in [0.15, 0.2) is 0 Å². The van der Waals surface area contributed by atoms with Gasteiger partial charge in [0.05, 0.1) is 11.3 Å². The summed E-state index contributed by atoms with van der Waals surface area (Å²) in [6, 6.07) is 5.53. The first kappa shape index (κ1) is 16.5. The van der Waals surface area contributed by atoms with Crippen LogP contribution in [0.3, 0.4) is 0 Å². The van der Waals surface area contributed by atoms with Crippen LogP contribution in [-0.2, 0) is 4.74 Å². The second kappa shape index (κ2) is 7.26. The first-order valence-electron chi connectivity index (χ1n) is 6.74.